The number of nitrogens with zero attached hydrogens (tertiary/aromatic N) is 4. The van der Waals surface area contributed by atoms with Crippen LogP contribution < -0.4 is 10.6 Å². The van der Waals surface area contributed by atoms with Crippen molar-refractivity contribution in [1.82, 2.24) is 15.2 Å². The van der Waals surface area contributed by atoms with Crippen molar-refractivity contribution in [2.45, 2.75) is 34.5 Å². The molecule has 2 N–H and O–H groups in total. The van der Waals surface area contributed by atoms with Crippen LogP contribution in [0.15, 0.2) is 45.8 Å². The molecule has 0 bridgehead atoms. The van der Waals surface area contributed by atoms with Gasteiger partial charge in [-0.1, -0.05) is 41.3 Å². The van der Waals surface area contributed by atoms with Gasteiger partial charge in [0.15, 0.2) is 4.34 Å². The van der Waals surface area contributed by atoms with E-state index in [0.717, 1.165) is 51.2 Å². The highest BCUT2D eigenvalue weighted by molar-refractivity contribution is 8.01. The van der Waals surface area contributed by atoms with E-state index in [0.29, 0.717) is 0 Å². The molecule has 3 heterocycles. The SMILES string of the molecule is CC1(N)CCN(c2nnc(Sc3cccc4cccnc34)s2)CC1. The number of hydrogen-bond donors (Lipinski definition) is 1. The highest BCUT2D eigenvalue weighted by Crippen LogP contribution is 2.37. The summed E-state index contributed by atoms with van der Waals surface area (Å²) in [5.74, 6) is 0. The third-order valence-electron chi connectivity index (χ3n) is 4.36. The first-order valence-corrected chi connectivity index (χ1v) is 9.63. The summed E-state index contributed by atoms with van der Waals surface area (Å²) in [6.07, 6.45) is 3.81. The Kier molecular flexibility index (Phi) is 4.15. The molecule has 0 spiro atoms. The van der Waals surface area contributed by atoms with E-state index in [9.17, 15) is 0 Å². The fraction of sp³-hybridized carbons (Fsp3) is 0.353. The summed E-state index contributed by atoms with van der Waals surface area (Å²) >= 11 is 3.27. The molecular formula is C17H19N5S2. The minimum atomic E-state index is -0.0482. The van der Waals surface area contributed by atoms with Crippen molar-refractivity contribution >= 4 is 39.1 Å². The fourth-order valence-corrected chi connectivity index (χ4v) is 4.81. The summed E-state index contributed by atoms with van der Waals surface area (Å²) in [6.45, 7) is 4.02. The first-order chi connectivity index (χ1) is 11.6. The van der Waals surface area contributed by atoms with Gasteiger partial charge in [-0.25, -0.2) is 0 Å². The van der Waals surface area contributed by atoms with Gasteiger partial charge in [-0.3, -0.25) is 4.98 Å². The van der Waals surface area contributed by atoms with Gasteiger partial charge in [-0.05, 0) is 31.9 Å². The van der Waals surface area contributed by atoms with Crippen molar-refractivity contribution in [1.29, 1.82) is 0 Å². The molecule has 2 aromatic heterocycles. The van der Waals surface area contributed by atoms with Gasteiger partial charge in [-0.2, -0.15) is 0 Å². The second-order valence-corrected chi connectivity index (χ2v) is 8.67. The summed E-state index contributed by atoms with van der Waals surface area (Å²) in [5, 5.41) is 10.9. The lowest BCUT2D eigenvalue weighted by molar-refractivity contribution is 0.364. The van der Waals surface area contributed by atoms with Crippen molar-refractivity contribution in [3.05, 3.63) is 36.5 Å². The van der Waals surface area contributed by atoms with E-state index >= 15 is 0 Å². The molecule has 0 radical (unpaired) electrons. The lowest BCUT2D eigenvalue weighted by Gasteiger charge is -2.36. The molecule has 5 nitrogen and oxygen atoms in total. The number of hydrogen-bond acceptors (Lipinski definition) is 7. The van der Waals surface area contributed by atoms with Crippen LogP contribution in [0.25, 0.3) is 10.9 Å². The number of para-hydroxylation sites is 1. The fourth-order valence-electron chi connectivity index (χ4n) is 2.83. The Morgan fingerprint density at radius 1 is 1.17 bits per heavy atom. The summed E-state index contributed by atoms with van der Waals surface area (Å²) in [5.41, 5.74) is 7.17. The molecule has 0 aliphatic carbocycles. The molecule has 124 valence electrons. The highest BCUT2D eigenvalue weighted by atomic mass is 32.2. The van der Waals surface area contributed by atoms with Gasteiger partial charge in [0.05, 0.1) is 5.52 Å². The third-order valence-corrected chi connectivity index (χ3v) is 6.45. The van der Waals surface area contributed by atoms with Gasteiger partial charge in [0.2, 0.25) is 5.13 Å². The maximum Gasteiger partial charge on any atom is 0.209 e. The van der Waals surface area contributed by atoms with Crippen LogP contribution in [0.3, 0.4) is 0 Å². The Balaban J connectivity index is 1.53. The Morgan fingerprint density at radius 3 is 2.79 bits per heavy atom. The van der Waals surface area contributed by atoms with Gasteiger partial charge >= 0.3 is 0 Å². The van der Waals surface area contributed by atoms with Crippen LogP contribution in [0.4, 0.5) is 5.13 Å². The summed E-state index contributed by atoms with van der Waals surface area (Å²) in [4.78, 5) is 7.91. The van der Waals surface area contributed by atoms with E-state index in [-0.39, 0.29) is 5.54 Å². The van der Waals surface area contributed by atoms with Crippen LogP contribution >= 0.6 is 23.1 Å². The van der Waals surface area contributed by atoms with E-state index in [2.05, 4.69) is 51.3 Å². The Bertz CT molecular complexity index is 846. The van der Waals surface area contributed by atoms with E-state index in [1.165, 1.54) is 0 Å². The molecular weight excluding hydrogens is 338 g/mol. The van der Waals surface area contributed by atoms with Gasteiger partial charge < -0.3 is 10.6 Å². The summed E-state index contributed by atoms with van der Waals surface area (Å²) in [7, 11) is 0. The molecule has 1 aromatic carbocycles. The predicted molar refractivity (Wildman–Crippen MR) is 99.8 cm³/mol. The van der Waals surface area contributed by atoms with Gasteiger partial charge in [-0.15, -0.1) is 10.2 Å². The van der Waals surface area contributed by atoms with Crippen molar-refractivity contribution in [2.24, 2.45) is 5.73 Å². The van der Waals surface area contributed by atoms with Crippen LogP contribution in [-0.4, -0.2) is 33.8 Å². The predicted octanol–water partition coefficient (Wildman–Crippen LogP) is 3.56. The van der Waals surface area contributed by atoms with Gasteiger partial charge in [0, 0.05) is 35.1 Å². The first kappa shape index (κ1) is 15.8. The number of anilines is 1. The van der Waals surface area contributed by atoms with Crippen molar-refractivity contribution in [3.63, 3.8) is 0 Å². The van der Waals surface area contributed by atoms with Crippen LogP contribution in [0, 0.1) is 0 Å². The largest absolute Gasteiger partial charge is 0.346 e. The molecule has 0 saturated carbocycles. The molecule has 7 heteroatoms. The average molecular weight is 358 g/mol. The number of rotatable bonds is 3. The second kappa shape index (κ2) is 6.31. The smallest absolute Gasteiger partial charge is 0.209 e. The third kappa shape index (κ3) is 3.24. The zero-order valence-electron chi connectivity index (χ0n) is 13.5. The number of aromatic nitrogens is 3. The molecule has 1 saturated heterocycles. The Labute approximate surface area is 149 Å². The Morgan fingerprint density at radius 2 is 1.96 bits per heavy atom. The monoisotopic (exact) mass is 357 g/mol. The van der Waals surface area contributed by atoms with Crippen molar-refractivity contribution in [2.75, 3.05) is 18.0 Å². The van der Waals surface area contributed by atoms with Crippen LogP contribution in [-0.2, 0) is 0 Å². The standard InChI is InChI=1S/C17H19N5S2/c1-17(18)7-10-22(11-8-17)15-20-21-16(24-15)23-13-6-2-4-12-5-3-9-19-14(12)13/h2-6,9H,7-8,10-11,18H2,1H3. The molecule has 1 aliphatic rings. The van der Waals surface area contributed by atoms with E-state index < -0.39 is 0 Å². The minimum absolute atomic E-state index is 0.0482. The molecule has 0 amide bonds. The molecule has 4 rings (SSSR count). The molecule has 0 unspecified atom stereocenters. The van der Waals surface area contributed by atoms with Crippen LogP contribution in [0.1, 0.15) is 19.8 Å². The van der Waals surface area contributed by atoms with Crippen molar-refractivity contribution < 1.29 is 0 Å². The number of fused-ring (bicyclic) bond motifs is 1. The first-order valence-electron chi connectivity index (χ1n) is 8.00. The molecule has 1 fully saturated rings. The minimum Gasteiger partial charge on any atom is -0.346 e. The lowest BCUT2D eigenvalue weighted by Crippen LogP contribution is -2.48. The van der Waals surface area contributed by atoms with E-state index in [4.69, 9.17) is 5.73 Å². The van der Waals surface area contributed by atoms with E-state index in [1.807, 2.05) is 12.3 Å². The van der Waals surface area contributed by atoms with Crippen LogP contribution in [0.5, 0.6) is 0 Å². The van der Waals surface area contributed by atoms with E-state index in [1.54, 1.807) is 23.1 Å². The number of nitrogens with two attached hydrogens (primary N) is 1. The summed E-state index contributed by atoms with van der Waals surface area (Å²) < 4.78 is 0.948. The number of piperidine rings is 1. The highest BCUT2D eigenvalue weighted by Gasteiger charge is 2.27. The number of pyridine rings is 1. The van der Waals surface area contributed by atoms with Crippen LogP contribution in [0.2, 0.25) is 0 Å². The lowest BCUT2D eigenvalue weighted by atomic mass is 9.91. The maximum absolute atomic E-state index is 6.21. The zero-order chi connectivity index (χ0) is 16.6. The maximum atomic E-state index is 6.21. The quantitative estimate of drug-likeness (QED) is 0.773. The Hall–Kier alpha value is -1.70. The topological polar surface area (TPSA) is 67.9 Å². The zero-order valence-corrected chi connectivity index (χ0v) is 15.1. The average Bonchev–Trinajstić information content (AvgIpc) is 3.04. The molecule has 24 heavy (non-hydrogen) atoms. The molecule has 1 aliphatic heterocycles. The second-order valence-electron chi connectivity index (χ2n) is 6.42. The van der Waals surface area contributed by atoms with Crippen molar-refractivity contribution in [3.8, 4) is 0 Å². The van der Waals surface area contributed by atoms with Gasteiger partial charge in [0.1, 0.15) is 0 Å². The number of benzene rings is 1. The molecule has 0 atom stereocenters. The van der Waals surface area contributed by atoms with Gasteiger partial charge in [0.25, 0.3) is 0 Å². The normalized spacial score (nSPS) is 17.3. The summed E-state index contributed by atoms with van der Waals surface area (Å²) in [6, 6.07) is 10.3. The molecule has 3 aromatic rings.